The van der Waals surface area contributed by atoms with Gasteiger partial charge in [0.15, 0.2) is 0 Å². The minimum absolute atomic E-state index is 0.140. The highest BCUT2D eigenvalue weighted by Crippen LogP contribution is 2.30. The van der Waals surface area contributed by atoms with Crippen LogP contribution in [0.5, 0.6) is 0 Å². The molecular formula is C13H18BrNO2S. The first-order chi connectivity index (χ1) is 8.41. The Morgan fingerprint density at radius 1 is 1.61 bits per heavy atom. The van der Waals surface area contributed by atoms with Crippen LogP contribution in [-0.4, -0.2) is 34.1 Å². The fraction of sp³-hybridized carbons (Fsp3) is 0.615. The quantitative estimate of drug-likeness (QED) is 0.925. The van der Waals surface area contributed by atoms with Gasteiger partial charge in [-0.25, -0.2) is 0 Å². The number of carbonyl (C=O) groups excluding carboxylic acids is 1. The lowest BCUT2D eigenvalue weighted by atomic mass is 9.98. The Morgan fingerprint density at radius 2 is 2.33 bits per heavy atom. The maximum Gasteiger partial charge on any atom is 0.223 e. The van der Waals surface area contributed by atoms with E-state index in [0.717, 1.165) is 10.2 Å². The fourth-order valence-electron chi connectivity index (χ4n) is 2.37. The molecule has 0 saturated carbocycles. The highest BCUT2D eigenvalue weighted by molar-refractivity contribution is 9.11. The molecule has 2 heterocycles. The first-order valence-electron chi connectivity index (χ1n) is 6.14. The minimum atomic E-state index is -0.423. The number of nitrogens with zero attached hydrogens (tertiary/aromatic N) is 1. The summed E-state index contributed by atoms with van der Waals surface area (Å²) in [7, 11) is 0. The van der Waals surface area contributed by atoms with Gasteiger partial charge < -0.3 is 10.0 Å². The van der Waals surface area contributed by atoms with Gasteiger partial charge >= 0.3 is 0 Å². The average Bonchev–Trinajstić information content (AvgIpc) is 2.82. The molecule has 0 aromatic carbocycles. The number of thiophene rings is 1. The Kier molecular flexibility index (Phi) is 4.14. The van der Waals surface area contributed by atoms with Crippen LogP contribution < -0.4 is 0 Å². The van der Waals surface area contributed by atoms with Crippen LogP contribution in [0, 0.1) is 0 Å². The zero-order valence-electron chi connectivity index (χ0n) is 10.6. The van der Waals surface area contributed by atoms with Gasteiger partial charge in [0, 0.05) is 17.8 Å². The summed E-state index contributed by atoms with van der Waals surface area (Å²) < 4.78 is 1.10. The lowest BCUT2D eigenvalue weighted by Gasteiger charge is -2.33. The second-order valence-electron chi connectivity index (χ2n) is 5.21. The third-order valence-corrected chi connectivity index (χ3v) is 5.34. The van der Waals surface area contributed by atoms with Gasteiger partial charge in [0.05, 0.1) is 15.4 Å². The van der Waals surface area contributed by atoms with Crippen molar-refractivity contribution in [2.24, 2.45) is 0 Å². The third-order valence-electron chi connectivity index (χ3n) is 3.65. The molecule has 2 rings (SSSR count). The van der Waals surface area contributed by atoms with E-state index in [1.54, 1.807) is 11.3 Å². The zero-order valence-corrected chi connectivity index (χ0v) is 13.1. The first-order valence-corrected chi connectivity index (χ1v) is 7.75. The van der Waals surface area contributed by atoms with Crippen molar-refractivity contribution in [3.63, 3.8) is 0 Å². The third kappa shape index (κ3) is 2.78. The lowest BCUT2D eigenvalue weighted by molar-refractivity contribution is -0.136. The number of aliphatic hydroxyl groups excluding tert-OH is 1. The predicted octanol–water partition coefficient (Wildman–Crippen LogP) is 2.82. The molecule has 3 nitrogen and oxygen atoms in total. The Hall–Kier alpha value is -0.390. The molecule has 0 aliphatic carbocycles. The molecule has 1 aliphatic rings. The summed E-state index contributed by atoms with van der Waals surface area (Å²) in [6, 6.07) is 4.06. The van der Waals surface area contributed by atoms with Crippen LogP contribution in [-0.2, 0) is 11.2 Å². The number of aryl methyl sites for hydroxylation is 1. The second kappa shape index (κ2) is 5.31. The molecule has 100 valence electrons. The molecule has 1 aromatic heterocycles. The molecule has 1 fully saturated rings. The highest BCUT2D eigenvalue weighted by atomic mass is 79.9. The van der Waals surface area contributed by atoms with Crippen molar-refractivity contribution in [1.82, 2.24) is 4.90 Å². The van der Waals surface area contributed by atoms with Gasteiger partial charge in [0.25, 0.3) is 0 Å². The molecular weight excluding hydrogens is 314 g/mol. The summed E-state index contributed by atoms with van der Waals surface area (Å²) in [6.07, 6.45) is 1.57. The molecule has 0 spiro atoms. The summed E-state index contributed by atoms with van der Waals surface area (Å²) >= 11 is 5.09. The van der Waals surface area contributed by atoms with E-state index in [-0.39, 0.29) is 5.91 Å². The molecule has 1 amide bonds. The number of carbonyl (C=O) groups is 1. The minimum Gasteiger partial charge on any atom is -0.391 e. The molecule has 1 atom stereocenters. The van der Waals surface area contributed by atoms with E-state index in [1.165, 1.54) is 4.88 Å². The first kappa shape index (κ1) is 14.0. The van der Waals surface area contributed by atoms with Gasteiger partial charge in [-0.05, 0) is 54.8 Å². The number of aliphatic hydroxyl groups is 1. The van der Waals surface area contributed by atoms with Gasteiger partial charge in [0.2, 0.25) is 5.91 Å². The van der Waals surface area contributed by atoms with Gasteiger partial charge in [0.1, 0.15) is 0 Å². The molecule has 18 heavy (non-hydrogen) atoms. The van der Waals surface area contributed by atoms with E-state index in [0.29, 0.717) is 19.4 Å². The summed E-state index contributed by atoms with van der Waals surface area (Å²) in [5.74, 6) is 0.140. The summed E-state index contributed by atoms with van der Waals surface area (Å²) in [5.41, 5.74) is -0.423. The van der Waals surface area contributed by atoms with Crippen molar-refractivity contribution in [2.45, 2.75) is 44.8 Å². The monoisotopic (exact) mass is 331 g/mol. The fourth-order valence-corrected chi connectivity index (χ4v) is 3.85. The lowest BCUT2D eigenvalue weighted by Crippen LogP contribution is -2.48. The predicted molar refractivity (Wildman–Crippen MR) is 76.8 cm³/mol. The molecule has 1 unspecified atom stereocenters. The van der Waals surface area contributed by atoms with Crippen molar-refractivity contribution < 1.29 is 9.90 Å². The number of halogens is 1. The maximum atomic E-state index is 12.2. The van der Waals surface area contributed by atoms with Crippen molar-refractivity contribution in [1.29, 1.82) is 0 Å². The number of amides is 1. The second-order valence-corrected chi connectivity index (χ2v) is 7.76. The highest BCUT2D eigenvalue weighted by Gasteiger charge is 2.42. The Morgan fingerprint density at radius 3 is 2.83 bits per heavy atom. The van der Waals surface area contributed by atoms with Crippen LogP contribution in [0.4, 0.5) is 0 Å². The van der Waals surface area contributed by atoms with E-state index in [4.69, 9.17) is 0 Å². The van der Waals surface area contributed by atoms with E-state index < -0.39 is 11.6 Å². The van der Waals surface area contributed by atoms with Crippen LogP contribution in [0.1, 0.15) is 31.6 Å². The van der Waals surface area contributed by atoms with E-state index >= 15 is 0 Å². The van der Waals surface area contributed by atoms with Crippen LogP contribution >= 0.6 is 27.3 Å². The molecule has 1 aliphatic heterocycles. The molecule has 1 N–H and O–H groups in total. The number of rotatable bonds is 3. The van der Waals surface area contributed by atoms with Gasteiger partial charge in [-0.3, -0.25) is 4.79 Å². The Balaban J connectivity index is 1.93. The van der Waals surface area contributed by atoms with Crippen LogP contribution in [0.3, 0.4) is 0 Å². The molecule has 1 aromatic rings. The normalized spacial score (nSPS) is 22.4. The van der Waals surface area contributed by atoms with Crippen molar-refractivity contribution in [3.05, 3.63) is 20.8 Å². The smallest absolute Gasteiger partial charge is 0.223 e. The molecule has 5 heteroatoms. The average molecular weight is 332 g/mol. The maximum absolute atomic E-state index is 12.2. The van der Waals surface area contributed by atoms with Crippen molar-refractivity contribution in [3.8, 4) is 0 Å². The number of hydrogen-bond acceptors (Lipinski definition) is 3. The van der Waals surface area contributed by atoms with Gasteiger partial charge in [-0.15, -0.1) is 11.3 Å². The number of hydrogen-bond donors (Lipinski definition) is 1. The summed E-state index contributed by atoms with van der Waals surface area (Å²) in [4.78, 5) is 15.2. The Bertz CT molecular complexity index is 444. The van der Waals surface area contributed by atoms with Gasteiger partial charge in [-0.1, -0.05) is 0 Å². The van der Waals surface area contributed by atoms with Crippen LogP contribution in [0.15, 0.2) is 15.9 Å². The molecule has 0 bridgehead atoms. The topological polar surface area (TPSA) is 40.5 Å². The van der Waals surface area contributed by atoms with Crippen LogP contribution in [0.2, 0.25) is 0 Å². The summed E-state index contributed by atoms with van der Waals surface area (Å²) in [6.45, 7) is 4.54. The van der Waals surface area contributed by atoms with Crippen molar-refractivity contribution in [2.75, 3.05) is 6.54 Å². The SMILES string of the molecule is CC1(C)C(O)CCN1C(=O)CCc1ccc(Br)s1. The van der Waals surface area contributed by atoms with E-state index in [1.807, 2.05) is 30.9 Å². The van der Waals surface area contributed by atoms with Crippen molar-refractivity contribution >= 4 is 33.2 Å². The molecule has 1 saturated heterocycles. The Labute approximate surface area is 120 Å². The van der Waals surface area contributed by atoms with Crippen LogP contribution in [0.25, 0.3) is 0 Å². The van der Waals surface area contributed by atoms with Gasteiger partial charge in [-0.2, -0.15) is 0 Å². The van der Waals surface area contributed by atoms with E-state index in [2.05, 4.69) is 15.9 Å². The zero-order chi connectivity index (χ0) is 13.3. The summed E-state index contributed by atoms with van der Waals surface area (Å²) in [5, 5.41) is 9.87. The largest absolute Gasteiger partial charge is 0.391 e. The standard InChI is InChI=1S/C13H18BrNO2S/c1-13(2)10(16)7-8-15(13)12(17)6-4-9-3-5-11(14)18-9/h3,5,10,16H,4,6-8H2,1-2H3. The number of likely N-dealkylation sites (tertiary alicyclic amines) is 1. The molecule has 0 radical (unpaired) electrons. The van der Waals surface area contributed by atoms with E-state index in [9.17, 15) is 9.90 Å².